The summed E-state index contributed by atoms with van der Waals surface area (Å²) in [7, 11) is 1.93. The molecule has 0 aromatic carbocycles. The number of amides is 1. The summed E-state index contributed by atoms with van der Waals surface area (Å²) in [6.45, 7) is 0.587. The first kappa shape index (κ1) is 8.80. The highest BCUT2D eigenvalue weighted by Gasteiger charge is 1.99. The van der Waals surface area contributed by atoms with Crippen LogP contribution in [0.2, 0.25) is 0 Å². The Bertz CT molecular complexity index is 267. The van der Waals surface area contributed by atoms with E-state index < -0.39 is 0 Å². The first-order valence-electron chi connectivity index (χ1n) is 3.81. The number of nitrogens with zero attached hydrogens (tertiary/aromatic N) is 1. The molecule has 0 saturated carbocycles. The van der Waals surface area contributed by atoms with E-state index in [0.717, 1.165) is 5.69 Å². The minimum atomic E-state index is -0.129. The second kappa shape index (κ2) is 3.92. The Morgan fingerprint density at radius 2 is 2.50 bits per heavy atom. The van der Waals surface area contributed by atoms with E-state index in [0.29, 0.717) is 6.54 Å². The van der Waals surface area contributed by atoms with Gasteiger partial charge in [-0.05, 0) is 12.1 Å². The van der Waals surface area contributed by atoms with Crippen molar-refractivity contribution >= 4 is 5.91 Å². The summed E-state index contributed by atoms with van der Waals surface area (Å²) < 4.78 is 1.96. The third-order valence-corrected chi connectivity index (χ3v) is 1.70. The van der Waals surface area contributed by atoms with Gasteiger partial charge in [-0.25, -0.2) is 0 Å². The lowest BCUT2D eigenvalue weighted by Crippen LogP contribution is -2.30. The molecule has 0 saturated heterocycles. The molecule has 12 heavy (non-hydrogen) atoms. The van der Waals surface area contributed by atoms with Gasteiger partial charge in [-0.3, -0.25) is 4.79 Å². The monoisotopic (exact) mass is 167 g/mol. The number of aromatic nitrogens is 1. The van der Waals surface area contributed by atoms with Gasteiger partial charge in [0.05, 0.1) is 13.1 Å². The summed E-state index contributed by atoms with van der Waals surface area (Å²) in [6.07, 6.45) is 1.93. The third kappa shape index (κ3) is 2.10. The Kier molecular flexibility index (Phi) is 2.88. The number of aryl methyl sites for hydroxylation is 1. The van der Waals surface area contributed by atoms with Crippen molar-refractivity contribution in [2.45, 2.75) is 6.54 Å². The molecule has 1 rings (SSSR count). The van der Waals surface area contributed by atoms with Crippen LogP contribution in [0.3, 0.4) is 0 Å². The Morgan fingerprint density at radius 3 is 3.00 bits per heavy atom. The summed E-state index contributed by atoms with van der Waals surface area (Å²) >= 11 is 0. The van der Waals surface area contributed by atoms with Gasteiger partial charge in [0.1, 0.15) is 0 Å². The van der Waals surface area contributed by atoms with Gasteiger partial charge >= 0.3 is 0 Å². The van der Waals surface area contributed by atoms with Gasteiger partial charge in [-0.1, -0.05) is 0 Å². The van der Waals surface area contributed by atoms with Crippen LogP contribution in [0.5, 0.6) is 0 Å². The van der Waals surface area contributed by atoms with Crippen LogP contribution in [0.4, 0.5) is 0 Å². The largest absolute Gasteiger partial charge is 0.353 e. The van der Waals surface area contributed by atoms with Crippen molar-refractivity contribution in [1.82, 2.24) is 9.88 Å². The molecule has 0 bridgehead atoms. The number of carbonyl (C=O) groups excluding carboxylic acids is 1. The quantitative estimate of drug-likeness (QED) is 0.643. The maximum absolute atomic E-state index is 10.8. The molecular formula is C8H13N3O. The van der Waals surface area contributed by atoms with Crippen molar-refractivity contribution in [2.75, 3.05) is 6.54 Å². The molecular weight excluding hydrogens is 154 g/mol. The standard InChI is InChI=1S/C8H13N3O/c1-11-4-2-3-7(11)6-10-8(12)5-9/h2-4H,5-6,9H2,1H3,(H,10,12). The lowest BCUT2D eigenvalue weighted by Gasteiger charge is -2.04. The summed E-state index contributed by atoms with van der Waals surface area (Å²) in [6, 6.07) is 3.89. The van der Waals surface area contributed by atoms with Crippen molar-refractivity contribution < 1.29 is 4.79 Å². The van der Waals surface area contributed by atoms with Crippen molar-refractivity contribution in [2.24, 2.45) is 12.8 Å². The van der Waals surface area contributed by atoms with Crippen molar-refractivity contribution in [1.29, 1.82) is 0 Å². The van der Waals surface area contributed by atoms with E-state index in [2.05, 4.69) is 5.32 Å². The van der Waals surface area contributed by atoms with Gasteiger partial charge in [-0.15, -0.1) is 0 Å². The van der Waals surface area contributed by atoms with Crippen LogP contribution in [-0.4, -0.2) is 17.0 Å². The molecule has 66 valence electrons. The fourth-order valence-electron chi connectivity index (χ4n) is 0.941. The highest BCUT2D eigenvalue weighted by molar-refractivity contribution is 5.77. The first-order chi connectivity index (χ1) is 5.74. The minimum absolute atomic E-state index is 0.0461. The van der Waals surface area contributed by atoms with Crippen LogP contribution in [0.1, 0.15) is 5.69 Å². The van der Waals surface area contributed by atoms with Crippen LogP contribution in [0, 0.1) is 0 Å². The average molecular weight is 167 g/mol. The van der Waals surface area contributed by atoms with Gasteiger partial charge in [0.15, 0.2) is 0 Å². The third-order valence-electron chi connectivity index (χ3n) is 1.70. The van der Waals surface area contributed by atoms with E-state index in [4.69, 9.17) is 5.73 Å². The second-order valence-electron chi connectivity index (χ2n) is 2.59. The Labute approximate surface area is 71.4 Å². The highest BCUT2D eigenvalue weighted by Crippen LogP contribution is 1.97. The molecule has 4 nitrogen and oxygen atoms in total. The predicted molar refractivity (Wildman–Crippen MR) is 46.3 cm³/mol. The summed E-state index contributed by atoms with van der Waals surface area (Å²) in [4.78, 5) is 10.8. The fraction of sp³-hybridized carbons (Fsp3) is 0.375. The van der Waals surface area contributed by atoms with Crippen molar-refractivity contribution in [3.8, 4) is 0 Å². The molecule has 4 heteroatoms. The summed E-state index contributed by atoms with van der Waals surface area (Å²) in [5, 5.41) is 2.69. The normalized spacial score (nSPS) is 9.83. The van der Waals surface area contributed by atoms with Gasteiger partial charge in [-0.2, -0.15) is 0 Å². The second-order valence-corrected chi connectivity index (χ2v) is 2.59. The van der Waals surface area contributed by atoms with Gasteiger partial charge < -0.3 is 15.6 Å². The molecule has 0 spiro atoms. The number of hydrogen-bond acceptors (Lipinski definition) is 2. The van der Waals surface area contributed by atoms with E-state index in [9.17, 15) is 4.79 Å². The molecule has 3 N–H and O–H groups in total. The van der Waals surface area contributed by atoms with Crippen molar-refractivity contribution in [3.63, 3.8) is 0 Å². The molecule has 0 unspecified atom stereocenters. The van der Waals surface area contributed by atoms with Crippen LogP contribution >= 0.6 is 0 Å². The topological polar surface area (TPSA) is 60.0 Å². The maximum atomic E-state index is 10.8. The SMILES string of the molecule is Cn1cccc1CNC(=O)CN. The van der Waals surface area contributed by atoms with E-state index in [1.165, 1.54) is 0 Å². The lowest BCUT2D eigenvalue weighted by atomic mass is 10.4. The first-order valence-corrected chi connectivity index (χ1v) is 3.81. The summed E-state index contributed by atoms with van der Waals surface area (Å²) in [5.41, 5.74) is 6.20. The Balaban J connectivity index is 2.43. The van der Waals surface area contributed by atoms with E-state index in [1.807, 2.05) is 29.9 Å². The number of hydrogen-bond donors (Lipinski definition) is 2. The van der Waals surface area contributed by atoms with Gasteiger partial charge in [0, 0.05) is 18.9 Å². The maximum Gasteiger partial charge on any atom is 0.234 e. The highest BCUT2D eigenvalue weighted by atomic mass is 16.1. The average Bonchev–Trinajstić information content (AvgIpc) is 2.47. The molecule has 0 fully saturated rings. The number of carbonyl (C=O) groups is 1. The Morgan fingerprint density at radius 1 is 1.75 bits per heavy atom. The fourth-order valence-corrected chi connectivity index (χ4v) is 0.941. The van der Waals surface area contributed by atoms with E-state index in [-0.39, 0.29) is 12.5 Å². The zero-order valence-corrected chi connectivity index (χ0v) is 7.08. The molecule has 0 aliphatic carbocycles. The van der Waals surface area contributed by atoms with Crippen LogP contribution in [0.25, 0.3) is 0 Å². The van der Waals surface area contributed by atoms with E-state index >= 15 is 0 Å². The van der Waals surface area contributed by atoms with Crippen LogP contribution < -0.4 is 11.1 Å². The molecule has 1 aromatic rings. The van der Waals surface area contributed by atoms with Crippen LogP contribution in [0.15, 0.2) is 18.3 Å². The summed E-state index contributed by atoms with van der Waals surface area (Å²) in [5.74, 6) is -0.129. The smallest absolute Gasteiger partial charge is 0.234 e. The predicted octanol–water partition coefficient (Wildman–Crippen LogP) is -0.400. The number of rotatable bonds is 3. The zero-order valence-electron chi connectivity index (χ0n) is 7.08. The number of nitrogens with one attached hydrogen (secondary N) is 1. The Hall–Kier alpha value is -1.29. The van der Waals surface area contributed by atoms with Gasteiger partial charge in [0.2, 0.25) is 5.91 Å². The lowest BCUT2D eigenvalue weighted by molar-refractivity contribution is -0.119. The van der Waals surface area contributed by atoms with Gasteiger partial charge in [0.25, 0.3) is 0 Å². The number of nitrogens with two attached hydrogens (primary N) is 1. The molecule has 0 radical (unpaired) electrons. The molecule has 0 aliphatic rings. The van der Waals surface area contributed by atoms with Crippen LogP contribution in [-0.2, 0) is 18.4 Å². The minimum Gasteiger partial charge on any atom is -0.353 e. The molecule has 0 atom stereocenters. The van der Waals surface area contributed by atoms with Crippen molar-refractivity contribution in [3.05, 3.63) is 24.0 Å². The van der Waals surface area contributed by atoms with E-state index in [1.54, 1.807) is 0 Å². The molecule has 1 heterocycles. The molecule has 1 aromatic heterocycles. The molecule has 0 aliphatic heterocycles. The molecule has 1 amide bonds. The zero-order chi connectivity index (χ0) is 8.97.